The van der Waals surface area contributed by atoms with E-state index < -0.39 is 14.9 Å². The van der Waals surface area contributed by atoms with E-state index in [4.69, 9.17) is 5.14 Å². The number of nitro benzene ring substituents is 1. The van der Waals surface area contributed by atoms with Crippen LogP contribution in [-0.2, 0) is 10.0 Å². The van der Waals surface area contributed by atoms with Crippen LogP contribution >= 0.6 is 0 Å². The van der Waals surface area contributed by atoms with Gasteiger partial charge in [-0.25, -0.2) is 18.5 Å². The largest absolute Gasteiger partial charge is 0.371 e. The van der Waals surface area contributed by atoms with Gasteiger partial charge in [-0.05, 0) is 18.9 Å². The van der Waals surface area contributed by atoms with E-state index in [1.807, 2.05) is 4.90 Å². The number of imidazole rings is 1. The van der Waals surface area contributed by atoms with Crippen LogP contribution in [-0.4, -0.2) is 36.4 Å². The van der Waals surface area contributed by atoms with Crippen molar-refractivity contribution in [1.82, 2.24) is 9.97 Å². The maximum Gasteiger partial charge on any atom is 0.272 e. The molecule has 9 nitrogen and oxygen atoms in total. The Balaban J connectivity index is 1.95. The molecule has 1 fully saturated rings. The first-order valence-corrected chi connectivity index (χ1v) is 8.96. The highest BCUT2D eigenvalue weighted by Crippen LogP contribution is 2.31. The molecule has 1 aromatic carbocycles. The number of aromatic amines is 1. The lowest BCUT2D eigenvalue weighted by molar-refractivity contribution is -0.385. The first-order valence-electron chi connectivity index (χ1n) is 7.41. The summed E-state index contributed by atoms with van der Waals surface area (Å²) in [4.78, 5) is 19.5. The van der Waals surface area contributed by atoms with Crippen molar-refractivity contribution in [3.63, 3.8) is 0 Å². The van der Waals surface area contributed by atoms with Crippen molar-refractivity contribution < 1.29 is 13.3 Å². The van der Waals surface area contributed by atoms with Gasteiger partial charge in [-0.2, -0.15) is 0 Å². The first kappa shape index (κ1) is 16.4. The first-order chi connectivity index (χ1) is 11.3. The Hall–Kier alpha value is -2.46. The van der Waals surface area contributed by atoms with E-state index in [-0.39, 0.29) is 16.5 Å². The minimum Gasteiger partial charge on any atom is -0.371 e. The zero-order chi connectivity index (χ0) is 17.3. The summed E-state index contributed by atoms with van der Waals surface area (Å²) in [5.74, 6) is 1.02. The molecular weight excluding hydrogens is 334 g/mol. The second-order valence-electron chi connectivity index (χ2n) is 5.75. The molecule has 1 aliphatic heterocycles. The van der Waals surface area contributed by atoms with Gasteiger partial charge < -0.3 is 9.88 Å². The minimum atomic E-state index is -4.03. The van der Waals surface area contributed by atoms with E-state index in [1.165, 1.54) is 12.1 Å². The standard InChI is InChI=1S/C14H17N5O4S/c15-24(22,23)13-7-11(6-12(8-13)19(20)21)18-5-1-2-10(9-18)14-16-3-4-17-14/h3-4,6-8,10H,1-2,5,9H2,(H,16,17)(H2,15,22,23). The van der Waals surface area contributed by atoms with Gasteiger partial charge in [0, 0.05) is 49.2 Å². The Kier molecular flexibility index (Phi) is 4.24. The number of hydrogen-bond acceptors (Lipinski definition) is 6. The van der Waals surface area contributed by atoms with Crippen LogP contribution in [0.3, 0.4) is 0 Å². The third-order valence-electron chi connectivity index (χ3n) is 4.11. The number of anilines is 1. The van der Waals surface area contributed by atoms with Crippen molar-refractivity contribution in [2.24, 2.45) is 5.14 Å². The van der Waals surface area contributed by atoms with Crippen molar-refractivity contribution in [3.8, 4) is 0 Å². The third-order valence-corrected chi connectivity index (χ3v) is 5.00. The number of nitro groups is 1. The number of nitrogens with zero attached hydrogens (tertiary/aromatic N) is 3. The molecule has 1 saturated heterocycles. The molecule has 1 aromatic heterocycles. The smallest absolute Gasteiger partial charge is 0.272 e. The molecule has 0 amide bonds. The molecule has 2 heterocycles. The number of piperidine rings is 1. The number of nitrogens with one attached hydrogen (secondary N) is 1. The van der Waals surface area contributed by atoms with Crippen molar-refractivity contribution in [3.05, 3.63) is 46.5 Å². The molecule has 0 saturated carbocycles. The van der Waals surface area contributed by atoms with E-state index in [1.54, 1.807) is 12.4 Å². The summed E-state index contributed by atoms with van der Waals surface area (Å²) >= 11 is 0. The highest BCUT2D eigenvalue weighted by molar-refractivity contribution is 7.89. The summed E-state index contributed by atoms with van der Waals surface area (Å²) in [6.07, 6.45) is 5.25. The van der Waals surface area contributed by atoms with Gasteiger partial charge in [-0.15, -0.1) is 0 Å². The van der Waals surface area contributed by atoms with Crippen molar-refractivity contribution in [2.45, 2.75) is 23.7 Å². The maximum atomic E-state index is 11.6. The molecule has 0 spiro atoms. The molecule has 1 aliphatic rings. The molecular formula is C14H17N5O4S. The summed E-state index contributed by atoms with van der Waals surface area (Å²) < 4.78 is 23.2. The third kappa shape index (κ3) is 3.39. The molecule has 0 aliphatic carbocycles. The number of sulfonamides is 1. The number of hydrogen-bond donors (Lipinski definition) is 2. The Morgan fingerprint density at radius 1 is 1.38 bits per heavy atom. The lowest BCUT2D eigenvalue weighted by Crippen LogP contribution is -2.35. The number of non-ortho nitro benzene ring substituents is 1. The molecule has 0 bridgehead atoms. The van der Waals surface area contributed by atoms with Crippen LogP contribution in [0.4, 0.5) is 11.4 Å². The second kappa shape index (κ2) is 6.21. The van der Waals surface area contributed by atoms with Crippen LogP contribution in [0.25, 0.3) is 0 Å². The summed E-state index contributed by atoms with van der Waals surface area (Å²) in [5, 5.41) is 16.2. The Labute approximate surface area is 138 Å². The van der Waals surface area contributed by atoms with Crippen molar-refractivity contribution >= 4 is 21.4 Å². The monoisotopic (exact) mass is 351 g/mol. The topological polar surface area (TPSA) is 135 Å². The SMILES string of the molecule is NS(=O)(=O)c1cc(N2CCCC(c3ncc[nH]3)C2)cc([N+](=O)[O-])c1. The number of benzene rings is 1. The van der Waals surface area contributed by atoms with Gasteiger partial charge in [-0.1, -0.05) is 0 Å². The summed E-state index contributed by atoms with van der Waals surface area (Å²) in [5.41, 5.74) is 0.182. The highest BCUT2D eigenvalue weighted by Gasteiger charge is 2.25. The maximum absolute atomic E-state index is 11.6. The van der Waals surface area contributed by atoms with Gasteiger partial charge in [0.2, 0.25) is 10.0 Å². The molecule has 10 heteroatoms. The quantitative estimate of drug-likeness (QED) is 0.630. The molecule has 1 atom stereocenters. The Morgan fingerprint density at radius 2 is 2.17 bits per heavy atom. The lowest BCUT2D eigenvalue weighted by Gasteiger charge is -2.33. The molecule has 0 radical (unpaired) electrons. The number of primary sulfonamides is 1. The predicted molar refractivity (Wildman–Crippen MR) is 87.2 cm³/mol. The van der Waals surface area contributed by atoms with Gasteiger partial charge in [0.05, 0.1) is 9.82 Å². The van der Waals surface area contributed by atoms with Crippen LogP contribution in [0.2, 0.25) is 0 Å². The fraction of sp³-hybridized carbons (Fsp3) is 0.357. The average Bonchev–Trinajstić information content (AvgIpc) is 3.08. The molecule has 128 valence electrons. The number of rotatable bonds is 4. The van der Waals surface area contributed by atoms with Crippen LogP contribution in [0.1, 0.15) is 24.6 Å². The van der Waals surface area contributed by atoms with Gasteiger partial charge >= 0.3 is 0 Å². The van der Waals surface area contributed by atoms with E-state index >= 15 is 0 Å². The highest BCUT2D eigenvalue weighted by atomic mass is 32.2. The van der Waals surface area contributed by atoms with E-state index in [0.29, 0.717) is 18.8 Å². The zero-order valence-corrected chi connectivity index (χ0v) is 13.6. The van der Waals surface area contributed by atoms with Gasteiger partial charge in [-0.3, -0.25) is 10.1 Å². The summed E-state index contributed by atoms with van der Waals surface area (Å²) in [6, 6.07) is 3.73. The van der Waals surface area contributed by atoms with E-state index in [2.05, 4.69) is 9.97 Å². The van der Waals surface area contributed by atoms with Crippen LogP contribution < -0.4 is 10.0 Å². The Morgan fingerprint density at radius 3 is 2.79 bits per heavy atom. The average molecular weight is 351 g/mol. The van der Waals surface area contributed by atoms with Crippen LogP contribution in [0.5, 0.6) is 0 Å². The number of H-pyrrole nitrogens is 1. The Bertz CT molecular complexity index is 850. The molecule has 1 unspecified atom stereocenters. The van der Waals surface area contributed by atoms with Crippen LogP contribution in [0, 0.1) is 10.1 Å². The second-order valence-corrected chi connectivity index (χ2v) is 7.31. The molecule has 3 rings (SSSR count). The molecule has 2 aromatic rings. The summed E-state index contributed by atoms with van der Waals surface area (Å²) in [6.45, 7) is 1.28. The fourth-order valence-corrected chi connectivity index (χ4v) is 3.53. The van der Waals surface area contributed by atoms with E-state index in [0.717, 1.165) is 24.7 Å². The number of nitrogens with two attached hydrogens (primary N) is 1. The van der Waals surface area contributed by atoms with Gasteiger partial charge in [0.15, 0.2) is 0 Å². The molecule has 24 heavy (non-hydrogen) atoms. The van der Waals surface area contributed by atoms with Gasteiger partial charge in [0.25, 0.3) is 5.69 Å². The zero-order valence-electron chi connectivity index (χ0n) is 12.8. The van der Waals surface area contributed by atoms with E-state index in [9.17, 15) is 18.5 Å². The van der Waals surface area contributed by atoms with Gasteiger partial charge in [0.1, 0.15) is 5.82 Å². The number of aromatic nitrogens is 2. The molecule has 3 N–H and O–H groups in total. The minimum absolute atomic E-state index is 0.158. The van der Waals surface area contributed by atoms with Crippen molar-refractivity contribution in [1.29, 1.82) is 0 Å². The normalized spacial score (nSPS) is 18.5. The fourth-order valence-electron chi connectivity index (χ4n) is 2.96. The summed E-state index contributed by atoms with van der Waals surface area (Å²) in [7, 11) is -4.03. The predicted octanol–water partition coefficient (Wildman–Crippen LogP) is 1.35. The lowest BCUT2D eigenvalue weighted by atomic mass is 9.97. The van der Waals surface area contributed by atoms with Crippen LogP contribution in [0.15, 0.2) is 35.5 Å². The van der Waals surface area contributed by atoms with Crippen molar-refractivity contribution in [2.75, 3.05) is 18.0 Å².